The van der Waals surface area contributed by atoms with Gasteiger partial charge in [-0.15, -0.1) is 0 Å². The van der Waals surface area contributed by atoms with Crippen molar-refractivity contribution in [3.63, 3.8) is 0 Å². The first kappa shape index (κ1) is 30.8. The van der Waals surface area contributed by atoms with Crippen molar-refractivity contribution in [2.24, 2.45) is 0 Å². The van der Waals surface area contributed by atoms with Gasteiger partial charge in [0.15, 0.2) is 11.3 Å². The number of carbonyl (C=O) groups is 1. The summed E-state index contributed by atoms with van der Waals surface area (Å²) in [6, 6.07) is 8.13. The zero-order valence-corrected chi connectivity index (χ0v) is 24.9. The molecule has 0 bridgehead atoms. The zero-order valence-electron chi connectivity index (χ0n) is 24.1. The normalized spacial score (nSPS) is 21.2. The number of alkyl halides is 4. The number of rotatable bonds is 5. The van der Waals surface area contributed by atoms with Crippen molar-refractivity contribution in [3.8, 4) is 11.7 Å². The highest BCUT2D eigenvalue weighted by Gasteiger charge is 2.40. The van der Waals surface area contributed by atoms with Crippen LogP contribution < -0.4 is 15.2 Å². The third-order valence-corrected chi connectivity index (χ3v) is 8.53. The summed E-state index contributed by atoms with van der Waals surface area (Å²) in [5, 5.41) is 10.3. The Morgan fingerprint density at radius 3 is 2.47 bits per heavy atom. The minimum atomic E-state index is -5.09. The number of anilines is 1. The molecule has 3 atom stereocenters. The Labute approximate surface area is 258 Å². The molecule has 2 aromatic carbocycles. The smallest absolute Gasteiger partial charge is 0.450 e. The summed E-state index contributed by atoms with van der Waals surface area (Å²) in [6.45, 7) is 1.97. The van der Waals surface area contributed by atoms with Crippen LogP contribution in [0.25, 0.3) is 27.5 Å². The van der Waals surface area contributed by atoms with Gasteiger partial charge in [0.1, 0.15) is 18.3 Å². The van der Waals surface area contributed by atoms with Gasteiger partial charge in [-0.2, -0.15) is 23.1 Å². The topological polar surface area (TPSA) is 117 Å². The van der Waals surface area contributed by atoms with Crippen molar-refractivity contribution in [3.05, 3.63) is 57.6 Å². The number of hydrogen-bond acceptors (Lipinski definition) is 8. The van der Waals surface area contributed by atoms with Crippen LogP contribution in [0.1, 0.15) is 19.2 Å². The van der Waals surface area contributed by atoms with Crippen LogP contribution >= 0.6 is 11.6 Å². The van der Waals surface area contributed by atoms with Crippen LogP contribution in [-0.4, -0.2) is 98.6 Å². The first-order valence-electron chi connectivity index (χ1n) is 14.1. The van der Waals surface area contributed by atoms with Gasteiger partial charge in [-0.05, 0) is 37.9 Å². The van der Waals surface area contributed by atoms with E-state index >= 15 is 0 Å². The van der Waals surface area contributed by atoms with E-state index in [4.69, 9.17) is 16.3 Å². The number of carboxylic acid groups (broad SMARTS) is 1. The fraction of sp³-hybridized carbons (Fsp3) is 0.414. The molecule has 0 saturated carbocycles. The summed E-state index contributed by atoms with van der Waals surface area (Å²) in [4.78, 5) is 42.9. The summed E-state index contributed by atoms with van der Waals surface area (Å²) < 4.78 is 64.5. The Morgan fingerprint density at radius 1 is 1.09 bits per heavy atom. The standard InChI is InChI=1S/C29H28ClF4N7O4/c1-15-12-39(28(43)44)9-10-40(15)24-22-23(36-27(37-24)45-14-18-11-17(31)13-38(18)2)25(42)41(26(35-22)29(32,33)34)20-8-4-6-16-5-3-7-19(30)21(16)20/h3-8,15,17-18H,9-14H2,1-2H3,(H,43,44)/t15-,17+,18-/m0/s1. The van der Waals surface area contributed by atoms with Crippen LogP contribution in [0.5, 0.6) is 6.01 Å². The molecule has 45 heavy (non-hydrogen) atoms. The van der Waals surface area contributed by atoms with Gasteiger partial charge in [0.25, 0.3) is 5.56 Å². The third kappa shape index (κ3) is 5.70. The maximum absolute atomic E-state index is 14.7. The highest BCUT2D eigenvalue weighted by Crippen LogP contribution is 2.36. The molecule has 4 aromatic rings. The molecule has 238 valence electrons. The van der Waals surface area contributed by atoms with Gasteiger partial charge in [0.05, 0.1) is 10.7 Å². The Morgan fingerprint density at radius 2 is 1.82 bits per heavy atom. The van der Waals surface area contributed by atoms with Crippen LogP contribution in [0.2, 0.25) is 5.02 Å². The number of halogens is 5. The molecule has 1 N–H and O–H groups in total. The van der Waals surface area contributed by atoms with Gasteiger partial charge in [-0.25, -0.2) is 14.2 Å². The molecule has 2 aromatic heterocycles. The van der Waals surface area contributed by atoms with Gasteiger partial charge in [0.2, 0.25) is 5.82 Å². The Bertz CT molecular complexity index is 1850. The van der Waals surface area contributed by atoms with E-state index < -0.39 is 46.9 Å². The van der Waals surface area contributed by atoms with Gasteiger partial charge in [-0.1, -0.05) is 35.9 Å². The van der Waals surface area contributed by atoms with Crippen molar-refractivity contribution in [2.75, 3.05) is 44.7 Å². The lowest BCUT2D eigenvalue weighted by Gasteiger charge is -2.39. The lowest BCUT2D eigenvalue weighted by atomic mass is 10.1. The van der Waals surface area contributed by atoms with Gasteiger partial charge in [0, 0.05) is 43.6 Å². The number of amides is 1. The van der Waals surface area contributed by atoms with E-state index in [1.807, 2.05) is 0 Å². The molecule has 2 saturated heterocycles. The van der Waals surface area contributed by atoms with Crippen molar-refractivity contribution in [1.29, 1.82) is 0 Å². The molecular weight excluding hydrogens is 622 g/mol. The van der Waals surface area contributed by atoms with Crippen LogP contribution in [0.4, 0.5) is 28.2 Å². The number of nitrogens with zero attached hydrogens (tertiary/aromatic N) is 7. The minimum Gasteiger partial charge on any atom is -0.465 e. The lowest BCUT2D eigenvalue weighted by Crippen LogP contribution is -2.53. The van der Waals surface area contributed by atoms with E-state index in [1.165, 1.54) is 23.1 Å². The predicted molar refractivity (Wildman–Crippen MR) is 158 cm³/mol. The van der Waals surface area contributed by atoms with Crippen LogP contribution in [-0.2, 0) is 6.18 Å². The maximum atomic E-state index is 14.7. The van der Waals surface area contributed by atoms with Gasteiger partial charge >= 0.3 is 18.3 Å². The zero-order chi connectivity index (χ0) is 32.2. The number of likely N-dealkylation sites (N-methyl/N-ethyl adjacent to an activating group) is 1. The number of benzene rings is 2. The van der Waals surface area contributed by atoms with E-state index in [1.54, 1.807) is 42.0 Å². The van der Waals surface area contributed by atoms with Crippen molar-refractivity contribution in [1.82, 2.24) is 29.3 Å². The molecular formula is C29H28ClF4N7O4. The number of piperazine rings is 1. The first-order chi connectivity index (χ1) is 21.3. The Hall–Kier alpha value is -4.24. The molecule has 2 aliphatic heterocycles. The number of hydrogen-bond donors (Lipinski definition) is 1. The van der Waals surface area contributed by atoms with Crippen LogP contribution in [0.3, 0.4) is 0 Å². The molecule has 2 fully saturated rings. The van der Waals surface area contributed by atoms with E-state index in [2.05, 4.69) is 15.0 Å². The van der Waals surface area contributed by atoms with Crippen LogP contribution in [0, 0.1) is 0 Å². The van der Waals surface area contributed by atoms with Crippen molar-refractivity contribution in [2.45, 2.75) is 37.8 Å². The highest BCUT2D eigenvalue weighted by molar-refractivity contribution is 6.36. The second-order valence-corrected chi connectivity index (χ2v) is 11.6. The molecule has 11 nitrogen and oxygen atoms in total. The average molecular weight is 650 g/mol. The molecule has 4 heterocycles. The van der Waals surface area contributed by atoms with Crippen molar-refractivity contribution < 1.29 is 32.2 Å². The molecule has 1 amide bonds. The van der Waals surface area contributed by atoms with E-state index in [9.17, 15) is 32.3 Å². The molecule has 0 aliphatic carbocycles. The molecule has 16 heteroatoms. The first-order valence-corrected chi connectivity index (χ1v) is 14.5. The molecule has 0 unspecified atom stereocenters. The minimum absolute atomic E-state index is 0.0273. The Kier molecular flexibility index (Phi) is 7.93. The predicted octanol–water partition coefficient (Wildman–Crippen LogP) is 4.61. The molecule has 6 rings (SSSR count). The monoisotopic (exact) mass is 649 g/mol. The number of likely N-dealkylation sites (tertiary alicyclic amines) is 1. The second-order valence-electron chi connectivity index (χ2n) is 11.2. The summed E-state index contributed by atoms with van der Waals surface area (Å²) >= 11 is 6.43. The van der Waals surface area contributed by atoms with E-state index in [0.29, 0.717) is 9.95 Å². The molecule has 0 spiro atoms. The fourth-order valence-corrected chi connectivity index (χ4v) is 6.28. The number of aromatic nitrogens is 4. The van der Waals surface area contributed by atoms with Crippen LogP contribution in [0.15, 0.2) is 41.2 Å². The summed E-state index contributed by atoms with van der Waals surface area (Å²) in [6.07, 6.45) is -7.07. The fourth-order valence-electron chi connectivity index (χ4n) is 6.00. The van der Waals surface area contributed by atoms with E-state index in [-0.39, 0.29) is 73.2 Å². The quantitative estimate of drug-likeness (QED) is 0.310. The van der Waals surface area contributed by atoms with E-state index in [0.717, 1.165) is 0 Å². The summed E-state index contributed by atoms with van der Waals surface area (Å²) in [7, 11) is 1.74. The highest BCUT2D eigenvalue weighted by atomic mass is 35.5. The van der Waals surface area contributed by atoms with Crippen molar-refractivity contribution >= 4 is 45.3 Å². The maximum Gasteiger partial charge on any atom is 0.450 e. The Balaban J connectivity index is 1.58. The number of fused-ring (bicyclic) bond motifs is 2. The molecule has 2 aliphatic rings. The largest absolute Gasteiger partial charge is 0.465 e. The second kappa shape index (κ2) is 11.6. The summed E-state index contributed by atoms with van der Waals surface area (Å²) in [5.41, 5.74) is -2.13. The summed E-state index contributed by atoms with van der Waals surface area (Å²) in [5.74, 6) is -1.62. The average Bonchev–Trinajstić information content (AvgIpc) is 3.31. The van der Waals surface area contributed by atoms with Gasteiger partial charge < -0.3 is 19.6 Å². The third-order valence-electron chi connectivity index (χ3n) is 8.22. The lowest BCUT2D eigenvalue weighted by molar-refractivity contribution is -0.146. The molecule has 0 radical (unpaired) electrons. The SMILES string of the molecule is C[C@H]1CN(C(=O)O)CCN1c1nc(OC[C@@H]2C[C@@H](F)CN2C)nc2c(=O)n(-c3cccc4cccc(Cl)c34)c(C(F)(F)F)nc12. The van der Waals surface area contributed by atoms with Gasteiger partial charge in [-0.3, -0.25) is 14.3 Å². The number of ether oxygens (including phenoxy) is 1.